The first-order chi connectivity index (χ1) is 13.5. The fraction of sp³-hybridized carbons (Fsp3) is 0.650. The van der Waals surface area contributed by atoms with Crippen LogP contribution in [-0.4, -0.2) is 45.0 Å². The molecule has 3 rings (SSSR count). The minimum atomic E-state index is -0.262. The Hall–Kier alpha value is -1.93. The van der Waals surface area contributed by atoms with E-state index < -0.39 is 0 Å². The molecule has 1 aliphatic rings. The second kappa shape index (κ2) is 9.52. The largest absolute Gasteiger partial charge is 0.392 e. The molecule has 7 nitrogen and oxygen atoms in total. The van der Waals surface area contributed by atoms with Crippen LogP contribution >= 0.6 is 11.3 Å². The first kappa shape index (κ1) is 20.8. The Balaban J connectivity index is 1.62. The summed E-state index contributed by atoms with van der Waals surface area (Å²) in [6, 6.07) is 4.23. The number of nitrogens with one attached hydrogen (secondary N) is 2. The maximum atomic E-state index is 10.5. The molecule has 2 unspecified atom stereocenters. The van der Waals surface area contributed by atoms with Gasteiger partial charge in [-0.25, -0.2) is 4.99 Å². The minimum absolute atomic E-state index is 0.115. The first-order valence-electron chi connectivity index (χ1n) is 10.1. The number of hydrogen-bond donors (Lipinski definition) is 3. The summed E-state index contributed by atoms with van der Waals surface area (Å²) < 4.78 is 1.96. The zero-order valence-electron chi connectivity index (χ0n) is 17.1. The van der Waals surface area contributed by atoms with Crippen LogP contribution in [0.5, 0.6) is 0 Å². The quantitative estimate of drug-likeness (QED) is 0.487. The summed E-state index contributed by atoms with van der Waals surface area (Å²) in [5, 5.41) is 27.8. The highest BCUT2D eigenvalue weighted by Crippen LogP contribution is 2.35. The van der Waals surface area contributed by atoms with Gasteiger partial charge in [-0.05, 0) is 37.6 Å². The number of guanidine groups is 1. The van der Waals surface area contributed by atoms with E-state index in [0.717, 1.165) is 49.8 Å². The van der Waals surface area contributed by atoms with E-state index in [0.29, 0.717) is 13.1 Å². The van der Waals surface area contributed by atoms with Crippen molar-refractivity contribution in [2.24, 2.45) is 17.5 Å². The van der Waals surface area contributed by atoms with Gasteiger partial charge in [-0.3, -0.25) is 0 Å². The van der Waals surface area contributed by atoms with Crippen LogP contribution in [0.2, 0.25) is 0 Å². The Labute approximate surface area is 171 Å². The SMILES string of the molecule is Cc1nnc(CN=C(NCCc2cccs2)NCC2(C)CCCCC2O)n1C. The number of aliphatic hydroxyl groups excluding tert-OH is 1. The molecule has 2 aromatic heterocycles. The molecule has 0 amide bonds. The molecule has 1 fully saturated rings. The van der Waals surface area contributed by atoms with Crippen molar-refractivity contribution < 1.29 is 5.11 Å². The molecule has 2 atom stereocenters. The third-order valence-corrected chi connectivity index (χ3v) is 6.68. The van der Waals surface area contributed by atoms with E-state index in [4.69, 9.17) is 4.99 Å². The lowest BCUT2D eigenvalue weighted by molar-refractivity contribution is 0.00397. The molecule has 154 valence electrons. The molecule has 1 aliphatic carbocycles. The number of aromatic nitrogens is 3. The monoisotopic (exact) mass is 404 g/mol. The van der Waals surface area contributed by atoms with Crippen LogP contribution in [0.15, 0.2) is 22.5 Å². The summed E-state index contributed by atoms with van der Waals surface area (Å²) in [4.78, 5) is 6.07. The van der Waals surface area contributed by atoms with Crippen molar-refractivity contribution in [2.75, 3.05) is 13.1 Å². The van der Waals surface area contributed by atoms with Crippen LogP contribution in [0.3, 0.4) is 0 Å². The topological polar surface area (TPSA) is 87.4 Å². The Kier molecular flexibility index (Phi) is 7.07. The number of aryl methyl sites for hydroxylation is 1. The zero-order chi connectivity index (χ0) is 20.0. The molecule has 1 saturated carbocycles. The number of nitrogens with zero attached hydrogens (tertiary/aromatic N) is 4. The number of hydrogen-bond acceptors (Lipinski definition) is 5. The maximum absolute atomic E-state index is 10.5. The lowest BCUT2D eigenvalue weighted by atomic mass is 9.73. The van der Waals surface area contributed by atoms with Crippen LogP contribution in [0.25, 0.3) is 0 Å². The smallest absolute Gasteiger partial charge is 0.191 e. The van der Waals surface area contributed by atoms with E-state index in [1.54, 1.807) is 11.3 Å². The Morgan fingerprint density at radius 3 is 2.93 bits per heavy atom. The van der Waals surface area contributed by atoms with Crippen LogP contribution in [0, 0.1) is 12.3 Å². The minimum Gasteiger partial charge on any atom is -0.392 e. The van der Waals surface area contributed by atoms with Gasteiger partial charge in [0, 0.05) is 30.4 Å². The normalized spacial score (nSPS) is 23.0. The van der Waals surface area contributed by atoms with Gasteiger partial charge in [0.05, 0.1) is 6.10 Å². The Bertz CT molecular complexity index is 772. The molecule has 2 heterocycles. The van der Waals surface area contributed by atoms with Crippen molar-refractivity contribution in [3.05, 3.63) is 34.0 Å². The molecule has 8 heteroatoms. The standard InChI is InChI=1S/C20H32N6OS/c1-15-24-25-18(26(15)3)13-22-19(21-11-9-16-7-6-12-28-16)23-14-20(2)10-5-4-8-17(20)27/h6-7,12,17,27H,4-5,8-11,13-14H2,1-3H3,(H2,21,22,23). The summed E-state index contributed by atoms with van der Waals surface area (Å²) in [6.07, 6.45) is 4.90. The van der Waals surface area contributed by atoms with Gasteiger partial charge in [-0.15, -0.1) is 21.5 Å². The molecule has 0 bridgehead atoms. The van der Waals surface area contributed by atoms with Crippen molar-refractivity contribution in [2.45, 2.75) is 58.6 Å². The van der Waals surface area contributed by atoms with Crippen molar-refractivity contribution in [3.8, 4) is 0 Å². The predicted octanol–water partition coefficient (Wildman–Crippen LogP) is 2.40. The third-order valence-electron chi connectivity index (χ3n) is 5.74. The van der Waals surface area contributed by atoms with E-state index in [9.17, 15) is 5.11 Å². The summed E-state index contributed by atoms with van der Waals surface area (Å²) in [5.41, 5.74) is -0.115. The highest BCUT2D eigenvalue weighted by molar-refractivity contribution is 7.09. The van der Waals surface area contributed by atoms with E-state index >= 15 is 0 Å². The molecule has 3 N–H and O–H groups in total. The number of aliphatic imine (C=N–C) groups is 1. The summed E-state index contributed by atoms with van der Waals surface area (Å²) in [5.74, 6) is 2.47. The molecule has 0 spiro atoms. The van der Waals surface area contributed by atoms with Crippen molar-refractivity contribution in [3.63, 3.8) is 0 Å². The fourth-order valence-corrected chi connectivity index (χ4v) is 4.25. The summed E-state index contributed by atoms with van der Waals surface area (Å²) in [6.45, 7) is 6.08. The van der Waals surface area contributed by atoms with E-state index in [-0.39, 0.29) is 11.5 Å². The lowest BCUT2D eigenvalue weighted by Gasteiger charge is -2.38. The molecule has 0 saturated heterocycles. The first-order valence-corrected chi connectivity index (χ1v) is 10.9. The zero-order valence-corrected chi connectivity index (χ0v) is 17.9. The molecular formula is C20H32N6OS. The van der Waals surface area contributed by atoms with Crippen LogP contribution in [0.4, 0.5) is 0 Å². The van der Waals surface area contributed by atoms with Gasteiger partial charge >= 0.3 is 0 Å². The van der Waals surface area contributed by atoms with E-state index in [1.165, 1.54) is 11.3 Å². The van der Waals surface area contributed by atoms with Gasteiger partial charge in [-0.1, -0.05) is 25.8 Å². The second-order valence-electron chi connectivity index (χ2n) is 7.91. The summed E-state index contributed by atoms with van der Waals surface area (Å²) >= 11 is 1.77. The van der Waals surface area contributed by atoms with Crippen LogP contribution in [-0.2, 0) is 20.0 Å². The van der Waals surface area contributed by atoms with Gasteiger partial charge < -0.3 is 20.3 Å². The van der Waals surface area contributed by atoms with Crippen molar-refractivity contribution in [1.82, 2.24) is 25.4 Å². The molecular weight excluding hydrogens is 372 g/mol. The lowest BCUT2D eigenvalue weighted by Crippen LogP contribution is -2.48. The van der Waals surface area contributed by atoms with Gasteiger partial charge in [-0.2, -0.15) is 0 Å². The third kappa shape index (κ3) is 5.32. The predicted molar refractivity (Wildman–Crippen MR) is 113 cm³/mol. The molecule has 2 aromatic rings. The van der Waals surface area contributed by atoms with Crippen molar-refractivity contribution in [1.29, 1.82) is 0 Å². The average Bonchev–Trinajstić information content (AvgIpc) is 3.31. The number of thiophene rings is 1. The number of rotatable bonds is 7. The van der Waals surface area contributed by atoms with Crippen LogP contribution < -0.4 is 10.6 Å². The highest BCUT2D eigenvalue weighted by atomic mass is 32.1. The van der Waals surface area contributed by atoms with Gasteiger partial charge in [0.15, 0.2) is 11.8 Å². The molecule has 0 aliphatic heterocycles. The van der Waals surface area contributed by atoms with Crippen LogP contribution in [0.1, 0.15) is 49.1 Å². The maximum Gasteiger partial charge on any atom is 0.191 e. The number of aliphatic hydroxyl groups is 1. The molecule has 28 heavy (non-hydrogen) atoms. The second-order valence-corrected chi connectivity index (χ2v) is 8.94. The Morgan fingerprint density at radius 2 is 2.25 bits per heavy atom. The van der Waals surface area contributed by atoms with E-state index in [1.807, 2.05) is 18.5 Å². The van der Waals surface area contributed by atoms with Crippen molar-refractivity contribution >= 4 is 17.3 Å². The summed E-state index contributed by atoms with van der Waals surface area (Å²) in [7, 11) is 1.96. The van der Waals surface area contributed by atoms with Gasteiger partial charge in [0.1, 0.15) is 12.4 Å². The average molecular weight is 405 g/mol. The van der Waals surface area contributed by atoms with Gasteiger partial charge in [0.25, 0.3) is 0 Å². The highest BCUT2D eigenvalue weighted by Gasteiger charge is 2.35. The fourth-order valence-electron chi connectivity index (χ4n) is 3.55. The van der Waals surface area contributed by atoms with E-state index in [2.05, 4.69) is 45.3 Å². The molecule has 0 aromatic carbocycles. The molecule has 0 radical (unpaired) electrons. The Morgan fingerprint density at radius 1 is 1.39 bits per heavy atom. The van der Waals surface area contributed by atoms with Gasteiger partial charge in [0.2, 0.25) is 0 Å².